The van der Waals surface area contributed by atoms with E-state index in [9.17, 15) is 37.1 Å². The van der Waals surface area contributed by atoms with Crippen LogP contribution in [0.5, 0.6) is 11.6 Å². The van der Waals surface area contributed by atoms with Crippen LogP contribution in [0, 0.1) is 5.41 Å². The Bertz CT molecular complexity index is 2590. The van der Waals surface area contributed by atoms with E-state index in [2.05, 4.69) is 62.8 Å². The number of nitrogens with zero attached hydrogens (tertiary/aromatic N) is 6. The first kappa shape index (κ1) is 51.1. The Balaban J connectivity index is 0.879. The number of piperazine rings is 2. The molecule has 384 valence electrons. The SMILES string of the molecule is C[C@@H]1CNCCN1CCOc1cc(N2C3CCC2CN(c2cc(-c4ccccc4OCc4ccc(NC(=O)[C@H](CCCNC(N)=O)NC(=O)C5(C(=O)OC(=O)C(F)(F)F)CCC5)cc4)nnc2N)C3)ccn1. The number of esters is 2. The van der Waals surface area contributed by atoms with Crippen LogP contribution in [0.15, 0.2) is 72.9 Å². The molecular formula is C49H59F3N12O8. The maximum Gasteiger partial charge on any atom is 0.491 e. The third-order valence-electron chi connectivity index (χ3n) is 13.7. The van der Waals surface area contributed by atoms with Crippen LogP contribution < -0.4 is 52.0 Å². The molecule has 3 saturated heterocycles. The number of primary amides is 1. The van der Waals surface area contributed by atoms with Gasteiger partial charge in [0.25, 0.3) is 0 Å². The molecule has 1 saturated carbocycles. The zero-order valence-electron chi connectivity index (χ0n) is 39.8. The van der Waals surface area contributed by atoms with E-state index < -0.39 is 47.4 Å². The lowest BCUT2D eigenvalue weighted by molar-refractivity contribution is -0.207. The summed E-state index contributed by atoms with van der Waals surface area (Å²) < 4.78 is 55.1. The maximum absolute atomic E-state index is 13.6. The number of para-hydroxylation sites is 1. The number of urea groups is 1. The number of carbonyl (C=O) groups excluding carboxylic acids is 5. The van der Waals surface area contributed by atoms with Gasteiger partial charge in [-0.1, -0.05) is 30.7 Å². The van der Waals surface area contributed by atoms with Gasteiger partial charge in [0, 0.05) is 93.1 Å². The van der Waals surface area contributed by atoms with Gasteiger partial charge in [-0.15, -0.1) is 10.2 Å². The fraction of sp³-hybridized carbons (Fsp3) is 0.469. The Labute approximate surface area is 413 Å². The molecule has 4 amide bonds. The zero-order chi connectivity index (χ0) is 51.0. The van der Waals surface area contributed by atoms with Crippen LogP contribution in [0.1, 0.15) is 57.4 Å². The van der Waals surface area contributed by atoms with Crippen molar-refractivity contribution in [1.82, 2.24) is 36.0 Å². The molecule has 2 unspecified atom stereocenters. The van der Waals surface area contributed by atoms with E-state index >= 15 is 0 Å². The number of alkyl halides is 3. The number of pyridine rings is 1. The molecule has 4 aliphatic rings. The molecular weight excluding hydrogens is 942 g/mol. The lowest BCUT2D eigenvalue weighted by Crippen LogP contribution is -2.56. The van der Waals surface area contributed by atoms with Crippen molar-refractivity contribution in [2.45, 2.75) is 88.8 Å². The Morgan fingerprint density at radius 3 is 2.42 bits per heavy atom. The van der Waals surface area contributed by atoms with Gasteiger partial charge >= 0.3 is 24.1 Å². The number of nitrogens with two attached hydrogens (primary N) is 2. The van der Waals surface area contributed by atoms with Crippen molar-refractivity contribution in [3.05, 3.63) is 78.5 Å². The van der Waals surface area contributed by atoms with Gasteiger partial charge < -0.3 is 56.7 Å². The maximum atomic E-state index is 13.6. The van der Waals surface area contributed by atoms with Crippen molar-refractivity contribution in [3.8, 4) is 22.9 Å². The van der Waals surface area contributed by atoms with Crippen molar-refractivity contribution < 1.29 is 51.4 Å². The van der Waals surface area contributed by atoms with E-state index in [0.29, 0.717) is 53.5 Å². The first-order chi connectivity index (χ1) is 34.6. The number of hydrogen-bond acceptors (Lipinski definition) is 16. The summed E-state index contributed by atoms with van der Waals surface area (Å²) in [4.78, 5) is 74.1. The molecule has 0 spiro atoms. The number of rotatable bonds is 19. The molecule has 2 bridgehead atoms. The van der Waals surface area contributed by atoms with Crippen LogP contribution in [0.25, 0.3) is 11.3 Å². The molecule has 0 radical (unpaired) electrons. The molecule has 20 nitrogen and oxygen atoms in total. The lowest BCUT2D eigenvalue weighted by atomic mass is 9.68. The molecule has 5 heterocycles. The van der Waals surface area contributed by atoms with E-state index in [0.717, 1.165) is 69.0 Å². The van der Waals surface area contributed by atoms with E-state index in [-0.39, 0.29) is 50.9 Å². The smallest absolute Gasteiger partial charge is 0.488 e. The number of amides is 4. The molecule has 4 atom stereocenters. The number of fused-ring (bicyclic) bond motifs is 2. The number of anilines is 4. The highest BCUT2D eigenvalue weighted by molar-refractivity contribution is 6.08. The highest BCUT2D eigenvalue weighted by Gasteiger charge is 2.55. The first-order valence-electron chi connectivity index (χ1n) is 24.1. The van der Waals surface area contributed by atoms with Crippen LogP contribution in [-0.2, 0) is 30.5 Å². The number of nitrogen functional groups attached to an aromatic ring is 1. The number of halogens is 3. The van der Waals surface area contributed by atoms with E-state index in [1.165, 1.54) is 0 Å². The molecule has 8 rings (SSSR count). The van der Waals surface area contributed by atoms with Gasteiger partial charge in [-0.2, -0.15) is 13.2 Å². The summed E-state index contributed by atoms with van der Waals surface area (Å²) >= 11 is 0. The van der Waals surface area contributed by atoms with Gasteiger partial charge in [0.2, 0.25) is 17.7 Å². The highest BCUT2D eigenvalue weighted by Crippen LogP contribution is 2.43. The summed E-state index contributed by atoms with van der Waals surface area (Å²) in [6.45, 7) is 8.22. The predicted octanol–water partition coefficient (Wildman–Crippen LogP) is 3.90. The molecule has 4 aromatic rings. The van der Waals surface area contributed by atoms with Gasteiger partial charge in [-0.05, 0) is 87.4 Å². The monoisotopic (exact) mass is 1000 g/mol. The number of nitrogens with one attached hydrogen (secondary N) is 4. The molecule has 8 N–H and O–H groups in total. The minimum atomic E-state index is -5.46. The second-order valence-electron chi connectivity index (χ2n) is 18.5. The molecule has 3 aliphatic heterocycles. The van der Waals surface area contributed by atoms with Crippen molar-refractivity contribution in [3.63, 3.8) is 0 Å². The summed E-state index contributed by atoms with van der Waals surface area (Å²) in [5.41, 5.74) is 13.8. The standard InChI is InChI=1S/C49H59F3N12O8/c1-30-26-55-20-21-62(30)22-23-70-41-24-33(15-19-56-41)64-34-13-14-35(64)28-63(27-34)39-25-38(60-61-42(39)53)36-6-2-3-8-40(36)71-29-31-9-11-32(12-10-31)58-43(65)37(7-4-18-57-47(54)69)59-44(66)48(16-5-17-48)45(67)72-46(68)49(50,51)52/h2-3,6,8-12,15,19,24-25,30,34-35,37,55H,4-5,7,13-14,16-18,20-23,26-29H2,1H3,(H2,53,61)(H,58,65)(H,59,66)(H3,54,57,69)/t30-,34?,35?,37+/m1/s1. The average Bonchev–Trinajstić information content (AvgIpc) is 3.61. The predicted molar refractivity (Wildman–Crippen MR) is 259 cm³/mol. The Morgan fingerprint density at radius 1 is 0.972 bits per heavy atom. The minimum absolute atomic E-state index is 0.0349. The molecule has 4 fully saturated rings. The normalized spacial score (nSPS) is 19.9. The fourth-order valence-electron chi connectivity index (χ4n) is 9.67. The third kappa shape index (κ3) is 12.1. The third-order valence-corrected chi connectivity index (χ3v) is 13.7. The quantitative estimate of drug-likeness (QED) is 0.0442. The number of carbonyl (C=O) groups is 5. The van der Waals surface area contributed by atoms with E-state index in [1.54, 1.807) is 24.3 Å². The lowest BCUT2D eigenvalue weighted by Gasteiger charge is -2.43. The molecule has 2 aromatic heterocycles. The number of hydrogen-bond donors (Lipinski definition) is 6. The molecule has 23 heteroatoms. The van der Waals surface area contributed by atoms with Gasteiger partial charge in [-0.25, -0.2) is 14.6 Å². The fourth-order valence-corrected chi connectivity index (χ4v) is 9.67. The topological polar surface area (TPSA) is 262 Å². The summed E-state index contributed by atoms with van der Waals surface area (Å²) in [6.07, 6.45) is -1.59. The van der Waals surface area contributed by atoms with Gasteiger partial charge in [0.1, 0.15) is 30.4 Å². The molecule has 2 aromatic carbocycles. The van der Waals surface area contributed by atoms with E-state index in [1.807, 2.05) is 48.7 Å². The van der Waals surface area contributed by atoms with Crippen LogP contribution in [-0.4, -0.2) is 133 Å². The van der Waals surface area contributed by atoms with Crippen molar-refractivity contribution in [2.24, 2.45) is 11.1 Å². The first-order valence-corrected chi connectivity index (χ1v) is 24.1. The van der Waals surface area contributed by atoms with Crippen molar-refractivity contribution in [2.75, 3.05) is 73.3 Å². The largest absolute Gasteiger partial charge is 0.491 e. The van der Waals surface area contributed by atoms with Crippen molar-refractivity contribution in [1.29, 1.82) is 0 Å². The summed E-state index contributed by atoms with van der Waals surface area (Å²) in [5, 5.41) is 19.8. The second kappa shape index (κ2) is 22.4. The minimum Gasteiger partial charge on any atom is -0.488 e. The van der Waals surface area contributed by atoms with Crippen LogP contribution in [0.4, 0.5) is 40.8 Å². The average molecular weight is 1000 g/mol. The summed E-state index contributed by atoms with van der Waals surface area (Å²) in [7, 11) is 0. The Morgan fingerprint density at radius 2 is 1.72 bits per heavy atom. The van der Waals surface area contributed by atoms with Crippen LogP contribution in [0.2, 0.25) is 0 Å². The summed E-state index contributed by atoms with van der Waals surface area (Å²) in [5.74, 6) is -4.69. The Hall–Kier alpha value is -7.27. The molecule has 1 aliphatic carbocycles. The second-order valence-corrected chi connectivity index (χ2v) is 18.5. The van der Waals surface area contributed by atoms with E-state index in [4.69, 9.17) is 20.9 Å². The van der Waals surface area contributed by atoms with Gasteiger partial charge in [-0.3, -0.25) is 19.3 Å². The Kier molecular flexibility index (Phi) is 15.9. The van der Waals surface area contributed by atoms with Crippen LogP contribution in [0.3, 0.4) is 0 Å². The van der Waals surface area contributed by atoms with Crippen LogP contribution >= 0.6 is 0 Å². The summed E-state index contributed by atoms with van der Waals surface area (Å²) in [6, 6.07) is 19.0. The number of benzene rings is 2. The number of aromatic nitrogens is 3. The van der Waals surface area contributed by atoms with Gasteiger partial charge in [0.15, 0.2) is 5.82 Å². The molecule has 72 heavy (non-hydrogen) atoms. The van der Waals surface area contributed by atoms with Crippen molar-refractivity contribution >= 4 is 52.7 Å². The zero-order valence-corrected chi connectivity index (χ0v) is 39.8. The van der Waals surface area contributed by atoms with Gasteiger partial charge in [0.05, 0.1) is 11.4 Å². The highest BCUT2D eigenvalue weighted by atomic mass is 19.4. The number of ether oxygens (including phenoxy) is 3.